The summed E-state index contributed by atoms with van der Waals surface area (Å²) >= 11 is 0. The molecule has 0 fully saturated rings. The second-order valence-corrected chi connectivity index (χ2v) is 3.91. The van der Waals surface area contributed by atoms with Crippen molar-refractivity contribution in [1.82, 2.24) is 9.97 Å². The van der Waals surface area contributed by atoms with Gasteiger partial charge in [-0.25, -0.2) is 14.8 Å². The molecule has 1 aromatic heterocycles. The molecule has 0 aliphatic rings. The summed E-state index contributed by atoms with van der Waals surface area (Å²) in [4.78, 5) is 30.1. The molecule has 1 heterocycles. The van der Waals surface area contributed by atoms with E-state index in [1.165, 1.54) is 12.1 Å². The minimum Gasteiger partial charge on any atom is -0.478 e. The van der Waals surface area contributed by atoms with Crippen LogP contribution in [0.3, 0.4) is 0 Å². The average Bonchev–Trinajstić information content (AvgIpc) is 2.46. The highest BCUT2D eigenvalue weighted by atomic mass is 16.6. The number of carboxylic acid groups (broad SMARTS) is 1. The molecule has 0 amide bonds. The predicted octanol–water partition coefficient (Wildman–Crippen LogP) is 1.85. The van der Waals surface area contributed by atoms with Crippen molar-refractivity contribution in [2.45, 2.75) is 0 Å². The molecule has 0 spiro atoms. The average molecular weight is 274 g/mol. The van der Waals surface area contributed by atoms with Gasteiger partial charge in [-0.15, -0.1) is 0 Å². The maximum absolute atomic E-state index is 10.8. The number of nitro groups is 1. The number of benzene rings is 1. The van der Waals surface area contributed by atoms with Crippen LogP contribution < -0.4 is 4.90 Å². The standard InChI is InChI=1S/C12H10N4O4/c1-15(9-4-2-8(3-5-9)11(17)18)12-13-6-10(7-14-12)16(19)20/h2-7H,1H3,(H,17,18). The molecule has 0 saturated heterocycles. The van der Waals surface area contributed by atoms with Crippen molar-refractivity contribution in [2.24, 2.45) is 0 Å². The van der Waals surface area contributed by atoms with Crippen molar-refractivity contribution in [2.75, 3.05) is 11.9 Å². The van der Waals surface area contributed by atoms with Gasteiger partial charge in [-0.3, -0.25) is 10.1 Å². The van der Waals surface area contributed by atoms with Gasteiger partial charge in [0.25, 0.3) is 0 Å². The van der Waals surface area contributed by atoms with E-state index in [-0.39, 0.29) is 17.2 Å². The predicted molar refractivity (Wildman–Crippen MR) is 70.2 cm³/mol. The number of anilines is 2. The van der Waals surface area contributed by atoms with Crippen LogP contribution in [0.15, 0.2) is 36.7 Å². The van der Waals surface area contributed by atoms with E-state index in [2.05, 4.69) is 9.97 Å². The highest BCUT2D eigenvalue weighted by Gasteiger charge is 2.11. The highest BCUT2D eigenvalue weighted by Crippen LogP contribution is 2.21. The third-order valence-corrected chi connectivity index (χ3v) is 2.64. The van der Waals surface area contributed by atoms with Gasteiger partial charge < -0.3 is 10.0 Å². The summed E-state index contributed by atoms with van der Waals surface area (Å²) in [7, 11) is 1.68. The number of carboxylic acids is 1. The molecular weight excluding hydrogens is 264 g/mol. The number of carbonyl (C=O) groups is 1. The van der Waals surface area contributed by atoms with Gasteiger partial charge in [0.15, 0.2) is 0 Å². The molecule has 0 atom stereocenters. The molecule has 0 aliphatic heterocycles. The Labute approximate surface area is 113 Å². The van der Waals surface area contributed by atoms with Crippen molar-refractivity contribution in [1.29, 1.82) is 0 Å². The molecule has 1 N–H and O–H groups in total. The fourth-order valence-electron chi connectivity index (χ4n) is 1.52. The lowest BCUT2D eigenvalue weighted by Gasteiger charge is -2.16. The van der Waals surface area contributed by atoms with Crippen molar-refractivity contribution >= 4 is 23.3 Å². The summed E-state index contributed by atoms with van der Waals surface area (Å²) in [6.07, 6.45) is 2.23. The lowest BCUT2D eigenvalue weighted by molar-refractivity contribution is -0.385. The number of nitrogens with zero attached hydrogens (tertiary/aromatic N) is 4. The summed E-state index contributed by atoms with van der Waals surface area (Å²) in [5.41, 5.74) is 0.652. The quantitative estimate of drug-likeness (QED) is 0.669. The molecule has 1 aromatic carbocycles. The Bertz CT molecular complexity index is 582. The smallest absolute Gasteiger partial charge is 0.335 e. The maximum Gasteiger partial charge on any atom is 0.335 e. The monoisotopic (exact) mass is 274 g/mol. The van der Waals surface area contributed by atoms with Crippen molar-refractivity contribution in [3.8, 4) is 0 Å². The maximum atomic E-state index is 10.8. The first-order chi connectivity index (χ1) is 9.49. The Balaban J connectivity index is 2.24. The minimum atomic E-state index is -1.01. The SMILES string of the molecule is CN(c1ccc(C(=O)O)cc1)c1ncc([N+](=O)[O-])cn1. The summed E-state index contributed by atoms with van der Waals surface area (Å²) in [5, 5.41) is 19.3. The number of hydrogen-bond acceptors (Lipinski definition) is 6. The molecule has 0 aliphatic carbocycles. The molecule has 0 saturated carbocycles. The van der Waals surface area contributed by atoms with Crippen molar-refractivity contribution < 1.29 is 14.8 Å². The Morgan fingerprint density at radius 3 is 2.25 bits per heavy atom. The van der Waals surface area contributed by atoms with Gasteiger partial charge in [-0.05, 0) is 24.3 Å². The number of aromatic carboxylic acids is 1. The molecule has 0 unspecified atom stereocenters. The van der Waals surface area contributed by atoms with Crippen LogP contribution in [-0.2, 0) is 0 Å². The van der Waals surface area contributed by atoms with E-state index in [0.29, 0.717) is 5.69 Å². The van der Waals surface area contributed by atoms with E-state index in [1.807, 2.05) is 0 Å². The van der Waals surface area contributed by atoms with Crippen LogP contribution in [0.4, 0.5) is 17.3 Å². The summed E-state index contributed by atoms with van der Waals surface area (Å²) in [6.45, 7) is 0. The molecular formula is C12H10N4O4. The number of aromatic nitrogens is 2. The molecule has 2 rings (SSSR count). The van der Waals surface area contributed by atoms with Gasteiger partial charge in [0.05, 0.1) is 10.5 Å². The Morgan fingerprint density at radius 1 is 1.25 bits per heavy atom. The van der Waals surface area contributed by atoms with E-state index in [4.69, 9.17) is 5.11 Å². The molecule has 0 bridgehead atoms. The first-order valence-corrected chi connectivity index (χ1v) is 5.52. The Kier molecular flexibility index (Phi) is 3.56. The zero-order chi connectivity index (χ0) is 14.7. The fourth-order valence-corrected chi connectivity index (χ4v) is 1.52. The van der Waals surface area contributed by atoms with Gasteiger partial charge in [0, 0.05) is 12.7 Å². The van der Waals surface area contributed by atoms with Crippen LogP contribution in [0.25, 0.3) is 0 Å². The molecule has 2 aromatic rings. The lowest BCUT2D eigenvalue weighted by Crippen LogP contribution is -2.13. The molecule has 0 radical (unpaired) electrons. The van der Waals surface area contributed by atoms with Gasteiger partial charge in [0.2, 0.25) is 5.95 Å². The molecule has 8 nitrogen and oxygen atoms in total. The summed E-state index contributed by atoms with van der Waals surface area (Å²) in [6, 6.07) is 6.13. The van der Waals surface area contributed by atoms with Crippen LogP contribution in [0, 0.1) is 10.1 Å². The van der Waals surface area contributed by atoms with E-state index < -0.39 is 10.9 Å². The van der Waals surface area contributed by atoms with Crippen LogP contribution in [0.5, 0.6) is 0 Å². The zero-order valence-electron chi connectivity index (χ0n) is 10.4. The van der Waals surface area contributed by atoms with E-state index in [1.54, 1.807) is 24.1 Å². The lowest BCUT2D eigenvalue weighted by atomic mass is 10.2. The van der Waals surface area contributed by atoms with Crippen LogP contribution in [-0.4, -0.2) is 33.0 Å². The minimum absolute atomic E-state index is 0.173. The fraction of sp³-hybridized carbons (Fsp3) is 0.0833. The van der Waals surface area contributed by atoms with E-state index in [9.17, 15) is 14.9 Å². The van der Waals surface area contributed by atoms with Gasteiger partial charge in [0.1, 0.15) is 12.4 Å². The molecule has 8 heteroatoms. The Morgan fingerprint density at radius 2 is 1.80 bits per heavy atom. The van der Waals surface area contributed by atoms with E-state index in [0.717, 1.165) is 12.4 Å². The normalized spacial score (nSPS) is 10.1. The van der Waals surface area contributed by atoms with Crippen LogP contribution in [0.1, 0.15) is 10.4 Å². The number of hydrogen-bond donors (Lipinski definition) is 1. The molecule has 102 valence electrons. The van der Waals surface area contributed by atoms with Gasteiger partial charge in [-0.1, -0.05) is 0 Å². The second-order valence-electron chi connectivity index (χ2n) is 3.91. The Hall–Kier alpha value is -3.03. The first kappa shape index (κ1) is 13.4. The first-order valence-electron chi connectivity index (χ1n) is 5.52. The molecule has 20 heavy (non-hydrogen) atoms. The summed E-state index contributed by atoms with van der Waals surface area (Å²) in [5.74, 6) is -0.732. The second kappa shape index (κ2) is 5.31. The zero-order valence-corrected chi connectivity index (χ0v) is 10.4. The third-order valence-electron chi connectivity index (χ3n) is 2.64. The largest absolute Gasteiger partial charge is 0.478 e. The van der Waals surface area contributed by atoms with E-state index >= 15 is 0 Å². The van der Waals surface area contributed by atoms with Gasteiger partial charge in [-0.2, -0.15) is 0 Å². The van der Waals surface area contributed by atoms with Crippen LogP contribution in [0.2, 0.25) is 0 Å². The number of rotatable bonds is 4. The highest BCUT2D eigenvalue weighted by molar-refractivity contribution is 5.88. The summed E-state index contributed by atoms with van der Waals surface area (Å²) < 4.78 is 0. The van der Waals surface area contributed by atoms with Crippen molar-refractivity contribution in [3.63, 3.8) is 0 Å². The third kappa shape index (κ3) is 2.69. The topological polar surface area (TPSA) is 109 Å². The van der Waals surface area contributed by atoms with Gasteiger partial charge >= 0.3 is 11.7 Å². The van der Waals surface area contributed by atoms with Crippen LogP contribution >= 0.6 is 0 Å². The van der Waals surface area contributed by atoms with Crippen molar-refractivity contribution in [3.05, 3.63) is 52.3 Å².